The Morgan fingerprint density at radius 1 is 0.944 bits per heavy atom. The molecule has 2 aliphatic heterocycles. The van der Waals surface area contributed by atoms with E-state index in [1.54, 1.807) is 35.7 Å². The van der Waals surface area contributed by atoms with E-state index in [9.17, 15) is 8.42 Å². The fourth-order valence-electron chi connectivity index (χ4n) is 5.29. The van der Waals surface area contributed by atoms with Gasteiger partial charge in [-0.15, -0.1) is 0 Å². The van der Waals surface area contributed by atoms with Crippen LogP contribution in [-0.2, 0) is 10.0 Å². The predicted molar refractivity (Wildman–Crippen MR) is 142 cm³/mol. The van der Waals surface area contributed by atoms with Crippen molar-refractivity contribution in [3.8, 4) is 5.75 Å². The molecule has 0 bridgehead atoms. The van der Waals surface area contributed by atoms with Crippen molar-refractivity contribution >= 4 is 26.7 Å². The maximum absolute atomic E-state index is 13.2. The van der Waals surface area contributed by atoms with Crippen molar-refractivity contribution in [1.29, 1.82) is 0 Å². The highest BCUT2D eigenvalue weighted by molar-refractivity contribution is 7.89. The molecule has 0 saturated carbocycles. The molecule has 2 aromatic carbocycles. The summed E-state index contributed by atoms with van der Waals surface area (Å²) in [5, 5.41) is 1.10. The van der Waals surface area contributed by atoms with Crippen molar-refractivity contribution in [2.45, 2.75) is 50.1 Å². The zero-order valence-electron chi connectivity index (χ0n) is 21.3. The Labute approximate surface area is 213 Å². The monoisotopic (exact) mass is 509 g/mol. The Kier molecular flexibility index (Phi) is 7.14. The molecule has 2 aliphatic rings. The second kappa shape index (κ2) is 10.3. The lowest BCUT2D eigenvalue weighted by molar-refractivity contribution is 0.141. The van der Waals surface area contributed by atoms with Crippen LogP contribution in [0.25, 0.3) is 10.9 Å². The summed E-state index contributed by atoms with van der Waals surface area (Å²) in [7, 11) is -1.98. The summed E-state index contributed by atoms with van der Waals surface area (Å²) in [6.45, 7) is 7.54. The number of hydrogen-bond acceptors (Lipinski definition) is 7. The van der Waals surface area contributed by atoms with Crippen LogP contribution >= 0.6 is 0 Å². The van der Waals surface area contributed by atoms with Gasteiger partial charge in [0, 0.05) is 44.2 Å². The van der Waals surface area contributed by atoms with Gasteiger partial charge in [-0.3, -0.25) is 4.90 Å². The molecule has 0 amide bonds. The van der Waals surface area contributed by atoms with Gasteiger partial charge >= 0.3 is 0 Å². The number of anilines is 1. The lowest BCUT2D eigenvalue weighted by atomic mass is 10.0. The molecule has 5 rings (SSSR count). The Hall–Kier alpha value is -2.75. The second-order valence-corrected chi connectivity index (χ2v) is 11.7. The van der Waals surface area contributed by atoms with Crippen LogP contribution in [0.4, 0.5) is 5.82 Å². The Morgan fingerprint density at radius 3 is 2.36 bits per heavy atom. The molecule has 0 aliphatic carbocycles. The van der Waals surface area contributed by atoms with Crippen LogP contribution < -0.4 is 9.64 Å². The fourth-order valence-corrected chi connectivity index (χ4v) is 6.71. The number of ether oxygens (including phenoxy) is 1. The smallest absolute Gasteiger partial charge is 0.243 e. The second-order valence-electron chi connectivity index (χ2n) is 9.75. The summed E-state index contributed by atoms with van der Waals surface area (Å²) < 4.78 is 33.1. The molecule has 2 fully saturated rings. The number of hydrogen-bond donors (Lipinski definition) is 0. The van der Waals surface area contributed by atoms with Crippen LogP contribution in [0.2, 0.25) is 0 Å². The van der Waals surface area contributed by atoms with Crippen molar-refractivity contribution in [2.75, 3.05) is 44.7 Å². The average molecular weight is 510 g/mol. The summed E-state index contributed by atoms with van der Waals surface area (Å²) in [6.07, 6.45) is 3.61. The number of nitrogens with zero attached hydrogens (tertiary/aromatic N) is 5. The Morgan fingerprint density at radius 2 is 1.67 bits per heavy atom. The highest BCUT2D eigenvalue weighted by Gasteiger charge is 2.32. The van der Waals surface area contributed by atoms with Gasteiger partial charge in [0.15, 0.2) is 0 Å². The van der Waals surface area contributed by atoms with Crippen LogP contribution in [0.1, 0.15) is 45.0 Å². The van der Waals surface area contributed by atoms with E-state index in [4.69, 9.17) is 14.7 Å². The van der Waals surface area contributed by atoms with Crippen molar-refractivity contribution in [1.82, 2.24) is 19.2 Å². The van der Waals surface area contributed by atoms with Gasteiger partial charge in [-0.1, -0.05) is 12.1 Å². The molecule has 8 nitrogen and oxygen atoms in total. The minimum absolute atomic E-state index is 0.0145. The molecule has 0 spiro atoms. The van der Waals surface area contributed by atoms with E-state index in [-0.39, 0.29) is 6.04 Å². The standard InChI is InChI=1S/C27H35N5O3S/c1-20-8-6-7-15-32(20)27-24-9-4-5-10-25(24)28-26(29-27)21(2)30-16-18-31(19-17-30)36(33,34)23-13-11-22(35-3)12-14-23/h4-5,9-14,20-21H,6-8,15-19H2,1-3H3. The maximum atomic E-state index is 13.2. The highest BCUT2D eigenvalue weighted by atomic mass is 32.2. The lowest BCUT2D eigenvalue weighted by Crippen LogP contribution is -2.49. The summed E-state index contributed by atoms with van der Waals surface area (Å²) >= 11 is 0. The van der Waals surface area contributed by atoms with Crippen LogP contribution in [-0.4, -0.2) is 73.5 Å². The summed E-state index contributed by atoms with van der Waals surface area (Å²) in [6, 6.07) is 15.3. The van der Waals surface area contributed by atoms with Crippen LogP contribution in [0, 0.1) is 0 Å². The Balaban J connectivity index is 1.35. The van der Waals surface area contributed by atoms with Gasteiger partial charge in [0.25, 0.3) is 0 Å². The zero-order valence-corrected chi connectivity index (χ0v) is 22.1. The number of sulfonamides is 1. The molecule has 9 heteroatoms. The van der Waals surface area contributed by atoms with Crippen LogP contribution in [0.15, 0.2) is 53.4 Å². The van der Waals surface area contributed by atoms with E-state index in [0.717, 1.165) is 29.1 Å². The largest absolute Gasteiger partial charge is 0.497 e. The molecular formula is C27H35N5O3S. The lowest BCUT2D eigenvalue weighted by Gasteiger charge is -2.38. The normalized spacial score (nSPS) is 21.0. The van der Waals surface area contributed by atoms with Crippen molar-refractivity contribution < 1.29 is 13.2 Å². The molecule has 1 aromatic heterocycles. The van der Waals surface area contributed by atoms with Crippen molar-refractivity contribution in [3.63, 3.8) is 0 Å². The fraction of sp³-hybridized carbons (Fsp3) is 0.481. The van der Waals surface area contributed by atoms with E-state index in [1.807, 2.05) is 6.07 Å². The highest BCUT2D eigenvalue weighted by Crippen LogP contribution is 2.32. The van der Waals surface area contributed by atoms with E-state index in [1.165, 1.54) is 19.3 Å². The van der Waals surface area contributed by atoms with E-state index in [2.05, 4.69) is 41.8 Å². The van der Waals surface area contributed by atoms with Gasteiger partial charge in [-0.2, -0.15) is 4.31 Å². The van der Waals surface area contributed by atoms with Gasteiger partial charge in [0.05, 0.1) is 23.6 Å². The third kappa shape index (κ3) is 4.79. The van der Waals surface area contributed by atoms with Gasteiger partial charge < -0.3 is 9.64 Å². The van der Waals surface area contributed by atoms with E-state index < -0.39 is 10.0 Å². The number of aromatic nitrogens is 2. The summed E-state index contributed by atoms with van der Waals surface area (Å²) in [4.78, 5) is 15.1. The molecule has 2 unspecified atom stereocenters. The number of methoxy groups -OCH3 is 1. The number of piperidine rings is 1. The molecule has 192 valence electrons. The van der Waals surface area contributed by atoms with Gasteiger partial charge in [-0.25, -0.2) is 18.4 Å². The summed E-state index contributed by atoms with van der Waals surface area (Å²) in [5.74, 6) is 2.46. The van der Waals surface area contributed by atoms with Crippen LogP contribution in [0.3, 0.4) is 0 Å². The van der Waals surface area contributed by atoms with Crippen molar-refractivity contribution in [3.05, 3.63) is 54.4 Å². The molecule has 3 aromatic rings. The molecule has 0 radical (unpaired) electrons. The number of rotatable bonds is 6. The Bertz CT molecular complexity index is 1310. The first kappa shape index (κ1) is 24.9. The maximum Gasteiger partial charge on any atom is 0.243 e. The number of benzene rings is 2. The first-order valence-corrected chi connectivity index (χ1v) is 14.2. The van der Waals surface area contributed by atoms with Gasteiger partial charge in [0.2, 0.25) is 10.0 Å². The van der Waals surface area contributed by atoms with Crippen LogP contribution in [0.5, 0.6) is 5.75 Å². The minimum atomic E-state index is -3.54. The number of para-hydroxylation sites is 1. The summed E-state index contributed by atoms with van der Waals surface area (Å²) in [5.41, 5.74) is 0.961. The minimum Gasteiger partial charge on any atom is -0.497 e. The molecule has 3 heterocycles. The van der Waals surface area contributed by atoms with Gasteiger partial charge in [0.1, 0.15) is 17.4 Å². The molecule has 36 heavy (non-hydrogen) atoms. The molecule has 2 atom stereocenters. The molecular weight excluding hydrogens is 474 g/mol. The number of fused-ring (bicyclic) bond motifs is 1. The van der Waals surface area contributed by atoms with Crippen molar-refractivity contribution in [2.24, 2.45) is 0 Å². The first-order valence-electron chi connectivity index (χ1n) is 12.8. The third-order valence-corrected chi connectivity index (χ3v) is 9.48. The third-order valence-electron chi connectivity index (χ3n) is 7.57. The molecule has 2 saturated heterocycles. The predicted octanol–water partition coefficient (Wildman–Crippen LogP) is 4.08. The van der Waals surface area contributed by atoms with Gasteiger partial charge in [-0.05, 0) is 69.5 Å². The van der Waals surface area contributed by atoms with E-state index in [0.29, 0.717) is 42.9 Å². The quantitative estimate of drug-likeness (QED) is 0.495. The average Bonchev–Trinajstić information content (AvgIpc) is 2.92. The molecule has 0 N–H and O–H groups in total. The first-order chi connectivity index (χ1) is 17.4. The topological polar surface area (TPSA) is 78.9 Å². The number of piperazine rings is 1. The zero-order chi connectivity index (χ0) is 25.3. The SMILES string of the molecule is COc1ccc(S(=O)(=O)N2CCN(C(C)c3nc(N4CCCCC4C)c4ccccc4n3)CC2)cc1. The van der Waals surface area contributed by atoms with E-state index >= 15 is 0 Å².